The first-order valence-corrected chi connectivity index (χ1v) is 15.8. The van der Waals surface area contributed by atoms with Crippen LogP contribution in [0.15, 0.2) is 30.3 Å². The number of nitrogens with one attached hydrogen (secondary N) is 1. The molecule has 0 aliphatic heterocycles. The second kappa shape index (κ2) is 23.6. The second-order valence-electron chi connectivity index (χ2n) is 10.4. The van der Waals surface area contributed by atoms with E-state index in [0.29, 0.717) is 45.3 Å². The fraction of sp³-hybridized carbons (Fsp3) is 0.697. The summed E-state index contributed by atoms with van der Waals surface area (Å²) in [6, 6.07) is 9.04. The lowest BCUT2D eigenvalue weighted by Gasteiger charge is -2.23. The van der Waals surface area contributed by atoms with Crippen LogP contribution in [0.2, 0.25) is 0 Å². The maximum Gasteiger partial charge on any atom is 0.328 e. The van der Waals surface area contributed by atoms with E-state index in [2.05, 4.69) is 12.2 Å². The van der Waals surface area contributed by atoms with Gasteiger partial charge < -0.3 is 24.3 Å². The Morgan fingerprint density at radius 1 is 0.690 bits per heavy atom. The van der Waals surface area contributed by atoms with Crippen LogP contribution >= 0.6 is 0 Å². The Morgan fingerprint density at radius 2 is 1.33 bits per heavy atom. The van der Waals surface area contributed by atoms with E-state index in [1.54, 1.807) is 20.8 Å². The number of carbonyl (C=O) groups excluding carboxylic acids is 4. The van der Waals surface area contributed by atoms with E-state index in [1.807, 2.05) is 30.3 Å². The molecule has 0 aliphatic rings. The first-order chi connectivity index (χ1) is 20.4. The lowest BCUT2D eigenvalue weighted by Crippen LogP contribution is -2.46. The number of esters is 3. The molecule has 1 amide bonds. The molecule has 1 N–H and O–H groups in total. The topological polar surface area (TPSA) is 117 Å². The molecule has 9 nitrogen and oxygen atoms in total. The van der Waals surface area contributed by atoms with Gasteiger partial charge in [-0.15, -0.1) is 0 Å². The van der Waals surface area contributed by atoms with Gasteiger partial charge >= 0.3 is 17.9 Å². The number of rotatable bonds is 24. The van der Waals surface area contributed by atoms with Crippen molar-refractivity contribution >= 4 is 23.8 Å². The maximum atomic E-state index is 13.4. The van der Waals surface area contributed by atoms with Gasteiger partial charge in [-0.25, -0.2) is 4.79 Å². The van der Waals surface area contributed by atoms with Gasteiger partial charge in [0.15, 0.2) is 0 Å². The molecule has 0 heterocycles. The zero-order chi connectivity index (χ0) is 31.0. The molecule has 1 rings (SSSR count). The summed E-state index contributed by atoms with van der Waals surface area (Å²) in [4.78, 5) is 50.5. The molecule has 9 heteroatoms. The van der Waals surface area contributed by atoms with Crippen molar-refractivity contribution in [1.82, 2.24) is 5.32 Å². The largest absolute Gasteiger partial charge is 0.466 e. The van der Waals surface area contributed by atoms with Gasteiger partial charge in [0.2, 0.25) is 5.91 Å². The fourth-order valence-corrected chi connectivity index (χ4v) is 4.64. The zero-order valence-electron chi connectivity index (χ0n) is 26.2. The van der Waals surface area contributed by atoms with Crippen molar-refractivity contribution in [3.8, 4) is 0 Å². The summed E-state index contributed by atoms with van der Waals surface area (Å²) in [7, 11) is 0. The summed E-state index contributed by atoms with van der Waals surface area (Å²) in [5, 5.41) is 2.77. The standard InChI is InChI=1S/C33H53NO8/c1-5-9-13-20-27(42-25-26-18-14-12-15-19-26)23-24-28(32(37)40-7-3)31(36)34-29(33(38)41-8-4)21-16-10-11-17-22-30(35)39-6-2/h12,14-15,18-19,27-29H,5-11,13,16-17,20-25H2,1-4H3,(H,34,36). The van der Waals surface area contributed by atoms with E-state index in [-0.39, 0.29) is 31.7 Å². The Morgan fingerprint density at radius 3 is 2.00 bits per heavy atom. The number of ether oxygens (including phenoxy) is 4. The van der Waals surface area contributed by atoms with E-state index in [4.69, 9.17) is 18.9 Å². The van der Waals surface area contributed by atoms with Gasteiger partial charge in [0.1, 0.15) is 12.0 Å². The third kappa shape index (κ3) is 16.5. The minimum atomic E-state index is -1.06. The van der Waals surface area contributed by atoms with Crippen LogP contribution in [0.3, 0.4) is 0 Å². The third-order valence-corrected chi connectivity index (χ3v) is 6.94. The average Bonchev–Trinajstić information content (AvgIpc) is 2.97. The first kappa shape index (κ1) is 37.1. The Hall–Kier alpha value is -2.94. The number of hydrogen-bond donors (Lipinski definition) is 1. The molecule has 42 heavy (non-hydrogen) atoms. The Balaban J connectivity index is 2.81. The van der Waals surface area contributed by atoms with Crippen LogP contribution < -0.4 is 5.32 Å². The van der Waals surface area contributed by atoms with E-state index in [0.717, 1.165) is 44.1 Å². The molecule has 1 aromatic carbocycles. The summed E-state index contributed by atoms with van der Waals surface area (Å²) in [6.07, 6.45) is 8.32. The number of hydrogen-bond acceptors (Lipinski definition) is 8. The highest BCUT2D eigenvalue weighted by atomic mass is 16.5. The molecule has 1 aromatic rings. The van der Waals surface area contributed by atoms with E-state index in [9.17, 15) is 19.2 Å². The van der Waals surface area contributed by atoms with E-state index >= 15 is 0 Å². The molecule has 3 unspecified atom stereocenters. The molecule has 0 spiro atoms. The minimum Gasteiger partial charge on any atom is -0.466 e. The molecular weight excluding hydrogens is 538 g/mol. The molecular formula is C33H53NO8. The molecule has 0 saturated heterocycles. The van der Waals surface area contributed by atoms with Crippen LogP contribution in [0.5, 0.6) is 0 Å². The van der Waals surface area contributed by atoms with Crippen LogP contribution in [0, 0.1) is 5.92 Å². The van der Waals surface area contributed by atoms with Gasteiger partial charge in [0.25, 0.3) is 0 Å². The van der Waals surface area contributed by atoms with Crippen molar-refractivity contribution in [1.29, 1.82) is 0 Å². The number of benzene rings is 1. The van der Waals surface area contributed by atoms with Gasteiger partial charge in [0.05, 0.1) is 32.5 Å². The van der Waals surface area contributed by atoms with E-state index < -0.39 is 29.8 Å². The fourth-order valence-electron chi connectivity index (χ4n) is 4.64. The number of amides is 1. The van der Waals surface area contributed by atoms with Crippen molar-refractivity contribution < 1.29 is 38.1 Å². The molecule has 3 atom stereocenters. The minimum absolute atomic E-state index is 0.114. The molecule has 0 aliphatic carbocycles. The Labute approximate surface area is 252 Å². The first-order valence-electron chi connectivity index (χ1n) is 15.8. The highest BCUT2D eigenvalue weighted by Gasteiger charge is 2.32. The molecule has 238 valence electrons. The lowest BCUT2D eigenvalue weighted by atomic mass is 9.96. The van der Waals surface area contributed by atoms with E-state index in [1.165, 1.54) is 0 Å². The van der Waals surface area contributed by atoms with Crippen LogP contribution in [0.4, 0.5) is 0 Å². The SMILES string of the molecule is CCCCCC(CCC(C(=O)NC(CCCCCCC(=O)OCC)C(=O)OCC)C(=O)OCC)OCc1ccccc1. The number of carbonyl (C=O) groups is 4. The summed E-state index contributed by atoms with van der Waals surface area (Å²) < 4.78 is 21.6. The predicted octanol–water partition coefficient (Wildman–Crippen LogP) is 6.06. The summed E-state index contributed by atoms with van der Waals surface area (Å²) in [6.45, 7) is 8.49. The van der Waals surface area contributed by atoms with Crippen molar-refractivity contribution in [2.45, 2.75) is 123 Å². The normalized spacial score (nSPS) is 13.0. The lowest BCUT2D eigenvalue weighted by molar-refractivity contribution is -0.155. The third-order valence-electron chi connectivity index (χ3n) is 6.94. The quantitative estimate of drug-likeness (QED) is 0.0667. The summed E-state index contributed by atoms with van der Waals surface area (Å²) >= 11 is 0. The highest BCUT2D eigenvalue weighted by Crippen LogP contribution is 2.20. The van der Waals surface area contributed by atoms with Crippen LogP contribution in [-0.4, -0.2) is 55.8 Å². The van der Waals surface area contributed by atoms with Gasteiger partial charge in [-0.05, 0) is 58.4 Å². The summed E-state index contributed by atoms with van der Waals surface area (Å²) in [5.74, 6) is -2.93. The zero-order valence-corrected chi connectivity index (χ0v) is 26.2. The van der Waals surface area contributed by atoms with Gasteiger partial charge in [-0.2, -0.15) is 0 Å². The summed E-state index contributed by atoms with van der Waals surface area (Å²) in [5.41, 5.74) is 1.07. The Bertz CT molecular complexity index is 891. The van der Waals surface area contributed by atoms with Crippen molar-refractivity contribution in [2.75, 3.05) is 19.8 Å². The van der Waals surface area contributed by atoms with Crippen LogP contribution in [0.1, 0.15) is 110 Å². The van der Waals surface area contributed by atoms with Gasteiger partial charge in [-0.1, -0.05) is 75.8 Å². The molecule has 0 radical (unpaired) electrons. The molecule has 0 aromatic heterocycles. The predicted molar refractivity (Wildman–Crippen MR) is 161 cm³/mol. The van der Waals surface area contributed by atoms with Crippen LogP contribution in [-0.2, 0) is 44.7 Å². The van der Waals surface area contributed by atoms with Gasteiger partial charge in [-0.3, -0.25) is 14.4 Å². The van der Waals surface area contributed by atoms with Crippen molar-refractivity contribution in [3.05, 3.63) is 35.9 Å². The van der Waals surface area contributed by atoms with Gasteiger partial charge in [0, 0.05) is 6.42 Å². The smallest absolute Gasteiger partial charge is 0.328 e. The molecule has 0 saturated carbocycles. The van der Waals surface area contributed by atoms with Crippen LogP contribution in [0.25, 0.3) is 0 Å². The molecule has 0 fully saturated rings. The number of unbranched alkanes of at least 4 members (excludes halogenated alkanes) is 5. The van der Waals surface area contributed by atoms with Crippen molar-refractivity contribution in [2.24, 2.45) is 5.92 Å². The monoisotopic (exact) mass is 591 g/mol. The Kier molecular flexibility index (Phi) is 20.8. The second-order valence-corrected chi connectivity index (χ2v) is 10.4. The molecule has 0 bridgehead atoms. The van der Waals surface area contributed by atoms with Crippen molar-refractivity contribution in [3.63, 3.8) is 0 Å². The maximum absolute atomic E-state index is 13.4. The highest BCUT2D eigenvalue weighted by molar-refractivity contribution is 5.99. The average molecular weight is 592 g/mol.